The van der Waals surface area contributed by atoms with E-state index >= 15 is 0 Å². The molecule has 1 aromatic heterocycles. The number of primary amides is 1. The van der Waals surface area contributed by atoms with Crippen LogP contribution in [0.25, 0.3) is 11.3 Å². The van der Waals surface area contributed by atoms with Gasteiger partial charge in [-0.3, -0.25) is 9.59 Å². The molecule has 8 nitrogen and oxygen atoms in total. The van der Waals surface area contributed by atoms with Crippen LogP contribution in [0.15, 0.2) is 24.3 Å². The van der Waals surface area contributed by atoms with Gasteiger partial charge in [-0.1, -0.05) is 5.92 Å². The Hall–Kier alpha value is -3.47. The number of carbonyl (C=O) groups is 2. The third kappa shape index (κ3) is 3.91. The molecule has 1 aromatic carbocycles. The zero-order valence-electron chi connectivity index (χ0n) is 18.7. The Morgan fingerprint density at radius 2 is 1.94 bits per heavy atom. The number of anilines is 1. The fourth-order valence-electron chi connectivity index (χ4n) is 4.87. The van der Waals surface area contributed by atoms with E-state index in [4.69, 9.17) is 21.3 Å². The van der Waals surface area contributed by atoms with Crippen LogP contribution in [0, 0.1) is 17.3 Å². The molecule has 4 N–H and O–H groups in total. The predicted octanol–water partition coefficient (Wildman–Crippen LogP) is 2.60. The van der Waals surface area contributed by atoms with Crippen LogP contribution in [0.5, 0.6) is 5.75 Å². The summed E-state index contributed by atoms with van der Waals surface area (Å²) >= 11 is 0. The van der Waals surface area contributed by atoms with E-state index in [1.165, 1.54) is 0 Å². The van der Waals surface area contributed by atoms with Gasteiger partial charge in [0.2, 0.25) is 0 Å². The summed E-state index contributed by atoms with van der Waals surface area (Å²) in [6, 6.07) is 7.47. The lowest BCUT2D eigenvalue weighted by molar-refractivity contribution is -0.125. The number of nitrogen functional groups attached to an aromatic ring is 1. The van der Waals surface area contributed by atoms with Crippen LogP contribution in [0.4, 0.5) is 5.82 Å². The molecule has 4 rings (SSSR count). The van der Waals surface area contributed by atoms with Gasteiger partial charge >= 0.3 is 0 Å². The molecule has 0 radical (unpaired) electrons. The lowest BCUT2D eigenvalue weighted by Gasteiger charge is -2.45. The van der Waals surface area contributed by atoms with E-state index < -0.39 is 5.91 Å². The molecule has 1 saturated heterocycles. The van der Waals surface area contributed by atoms with Crippen molar-refractivity contribution in [2.75, 3.05) is 18.8 Å². The Kier molecular flexibility index (Phi) is 5.59. The van der Waals surface area contributed by atoms with Gasteiger partial charge in [0.1, 0.15) is 22.8 Å². The molecule has 2 amide bonds. The number of aromatic nitrogens is 2. The number of nitrogens with two attached hydrogens (primary N) is 2. The number of hydrogen-bond donors (Lipinski definition) is 2. The molecule has 168 valence electrons. The highest BCUT2D eigenvalue weighted by molar-refractivity contribution is 6.03. The van der Waals surface area contributed by atoms with Crippen molar-refractivity contribution in [3.63, 3.8) is 0 Å². The molecular weight excluding hydrogens is 406 g/mol. The van der Waals surface area contributed by atoms with Crippen LogP contribution in [0.1, 0.15) is 56.4 Å². The Balaban J connectivity index is 1.55. The van der Waals surface area contributed by atoms with Gasteiger partial charge in [0.25, 0.3) is 11.8 Å². The maximum absolute atomic E-state index is 12.2. The average Bonchev–Trinajstić information content (AvgIpc) is 3.29. The molecule has 2 heterocycles. The van der Waals surface area contributed by atoms with Crippen molar-refractivity contribution >= 4 is 17.6 Å². The highest BCUT2D eigenvalue weighted by atomic mass is 16.5. The van der Waals surface area contributed by atoms with Crippen molar-refractivity contribution in [1.82, 2.24) is 14.7 Å². The number of ether oxygens (including phenoxy) is 1. The van der Waals surface area contributed by atoms with E-state index in [0.29, 0.717) is 12.2 Å². The van der Waals surface area contributed by atoms with Crippen molar-refractivity contribution in [3.8, 4) is 28.8 Å². The maximum Gasteiger partial charge on any atom is 0.298 e. The Bertz CT molecular complexity index is 1100. The van der Waals surface area contributed by atoms with Gasteiger partial charge in [0.15, 0.2) is 0 Å². The summed E-state index contributed by atoms with van der Waals surface area (Å²) in [5.74, 6) is 5.61. The number of benzene rings is 1. The monoisotopic (exact) mass is 435 g/mol. The van der Waals surface area contributed by atoms with Crippen LogP contribution in [0.3, 0.4) is 0 Å². The second kappa shape index (κ2) is 8.23. The van der Waals surface area contributed by atoms with Crippen LogP contribution in [-0.2, 0) is 4.79 Å². The standard InChI is InChI=1S/C24H29N5O3/c1-4-5-19(30)28-11-10-24(14-28)12-17(13-24)29-22(25)20(23(26)31)21(27-29)16-6-8-18(9-7-16)32-15(2)3/h6-9,15,17H,10-14,25H2,1-3H3,(H2,26,31). The minimum Gasteiger partial charge on any atom is -0.491 e. The van der Waals surface area contributed by atoms with Gasteiger partial charge in [-0.05, 0) is 75.6 Å². The van der Waals surface area contributed by atoms with Crippen LogP contribution < -0.4 is 16.2 Å². The van der Waals surface area contributed by atoms with Gasteiger partial charge in [-0.2, -0.15) is 5.10 Å². The van der Waals surface area contributed by atoms with Crippen molar-refractivity contribution < 1.29 is 14.3 Å². The summed E-state index contributed by atoms with van der Waals surface area (Å²) in [5.41, 5.74) is 13.5. The fraction of sp³-hybridized carbons (Fsp3) is 0.458. The first kappa shape index (κ1) is 21.8. The molecule has 1 aliphatic heterocycles. The lowest BCUT2D eigenvalue weighted by Crippen LogP contribution is -2.42. The van der Waals surface area contributed by atoms with E-state index in [0.717, 1.165) is 37.1 Å². The zero-order chi connectivity index (χ0) is 23.0. The lowest BCUT2D eigenvalue weighted by atomic mass is 9.65. The minimum absolute atomic E-state index is 0.0665. The molecule has 2 aromatic rings. The Morgan fingerprint density at radius 3 is 2.53 bits per heavy atom. The molecule has 1 saturated carbocycles. The van der Waals surface area contributed by atoms with Crippen molar-refractivity contribution in [2.45, 2.75) is 52.2 Å². The normalized spacial score (nSPS) is 21.9. The molecule has 2 fully saturated rings. The summed E-state index contributed by atoms with van der Waals surface area (Å²) in [6.07, 6.45) is 2.70. The average molecular weight is 436 g/mol. The van der Waals surface area contributed by atoms with Crippen LogP contribution >= 0.6 is 0 Å². The highest BCUT2D eigenvalue weighted by Crippen LogP contribution is 2.54. The number of carbonyl (C=O) groups excluding carboxylic acids is 2. The predicted molar refractivity (Wildman–Crippen MR) is 122 cm³/mol. The second-order valence-corrected chi connectivity index (χ2v) is 9.02. The number of amides is 2. The van der Waals surface area contributed by atoms with Crippen molar-refractivity contribution in [2.24, 2.45) is 11.1 Å². The first-order valence-corrected chi connectivity index (χ1v) is 10.9. The summed E-state index contributed by atoms with van der Waals surface area (Å²) in [6.45, 7) is 7.01. The van der Waals surface area contributed by atoms with Crippen molar-refractivity contribution in [1.29, 1.82) is 0 Å². The van der Waals surface area contributed by atoms with Gasteiger partial charge in [-0.25, -0.2) is 4.68 Å². The maximum atomic E-state index is 12.2. The topological polar surface area (TPSA) is 116 Å². The summed E-state index contributed by atoms with van der Waals surface area (Å²) in [4.78, 5) is 26.1. The van der Waals surface area contributed by atoms with E-state index in [1.54, 1.807) is 11.6 Å². The molecule has 1 spiro atoms. The number of hydrogen-bond acceptors (Lipinski definition) is 5. The molecule has 32 heavy (non-hydrogen) atoms. The number of rotatable bonds is 5. The SMILES string of the molecule is CC#CC(=O)N1CCC2(CC(n3nc(-c4ccc(OC(C)C)cc4)c(C(N)=O)c3N)C2)C1. The first-order chi connectivity index (χ1) is 15.2. The van der Waals surface area contributed by atoms with E-state index in [9.17, 15) is 9.59 Å². The third-order valence-electron chi connectivity index (χ3n) is 6.33. The van der Waals surface area contributed by atoms with E-state index in [-0.39, 0.29) is 34.8 Å². The number of likely N-dealkylation sites (tertiary alicyclic amines) is 1. The minimum atomic E-state index is -0.601. The van der Waals surface area contributed by atoms with E-state index in [2.05, 4.69) is 11.8 Å². The third-order valence-corrected chi connectivity index (χ3v) is 6.33. The molecule has 2 aliphatic rings. The van der Waals surface area contributed by atoms with Crippen LogP contribution in [-0.4, -0.2) is 45.7 Å². The highest BCUT2D eigenvalue weighted by Gasteiger charge is 2.51. The van der Waals surface area contributed by atoms with Gasteiger partial charge in [-0.15, -0.1) is 0 Å². The smallest absolute Gasteiger partial charge is 0.298 e. The molecule has 0 bridgehead atoms. The largest absolute Gasteiger partial charge is 0.491 e. The summed E-state index contributed by atoms with van der Waals surface area (Å²) < 4.78 is 7.42. The van der Waals surface area contributed by atoms with Crippen molar-refractivity contribution in [3.05, 3.63) is 29.8 Å². The Morgan fingerprint density at radius 1 is 1.25 bits per heavy atom. The summed E-state index contributed by atoms with van der Waals surface area (Å²) in [7, 11) is 0. The van der Waals surface area contributed by atoms with Gasteiger partial charge < -0.3 is 21.1 Å². The van der Waals surface area contributed by atoms with Gasteiger partial charge in [0, 0.05) is 18.7 Å². The Labute approximate surface area is 187 Å². The molecule has 8 heteroatoms. The fourth-order valence-corrected chi connectivity index (χ4v) is 4.87. The second-order valence-electron chi connectivity index (χ2n) is 9.02. The molecule has 1 aliphatic carbocycles. The zero-order valence-corrected chi connectivity index (χ0v) is 18.7. The molecule has 0 atom stereocenters. The van der Waals surface area contributed by atoms with Crippen LogP contribution in [0.2, 0.25) is 0 Å². The quantitative estimate of drug-likeness (QED) is 0.700. The van der Waals surface area contributed by atoms with E-state index in [1.807, 2.05) is 43.0 Å². The molecule has 0 unspecified atom stereocenters. The molecular formula is C24H29N5O3. The van der Waals surface area contributed by atoms with Gasteiger partial charge in [0.05, 0.1) is 12.1 Å². The first-order valence-electron chi connectivity index (χ1n) is 10.9. The number of nitrogens with zero attached hydrogens (tertiary/aromatic N) is 3. The summed E-state index contributed by atoms with van der Waals surface area (Å²) in [5, 5.41) is 4.70.